The van der Waals surface area contributed by atoms with Crippen molar-refractivity contribution in [3.8, 4) is 0 Å². The molecule has 2 aliphatic rings. The summed E-state index contributed by atoms with van der Waals surface area (Å²) >= 11 is 0. The van der Waals surface area contributed by atoms with Crippen LogP contribution in [-0.2, 0) is 14.3 Å². The van der Waals surface area contributed by atoms with Crippen LogP contribution in [0.4, 0.5) is 0 Å². The lowest BCUT2D eigenvalue weighted by atomic mass is 9.41. The Morgan fingerprint density at radius 1 is 0.737 bits per heavy atom. The Morgan fingerprint density at radius 2 is 1.05 bits per heavy atom. The topological polar surface area (TPSA) is 35.5 Å². The number of rotatable bonds is 0. The van der Waals surface area contributed by atoms with Gasteiger partial charge in [0.25, 0.3) is 0 Å². The van der Waals surface area contributed by atoms with Crippen molar-refractivity contribution in [2.45, 2.75) is 61.2 Å². The molecule has 110 valence electrons. The van der Waals surface area contributed by atoms with Gasteiger partial charge in [-0.2, -0.15) is 0 Å². The highest BCUT2D eigenvalue weighted by molar-refractivity contribution is 5.92. The number of hydrogen-bond acceptors (Lipinski definition) is 3. The van der Waals surface area contributed by atoms with E-state index in [1.807, 2.05) is 27.7 Å². The smallest absolute Gasteiger partial charge is 0.180 e. The van der Waals surface area contributed by atoms with Crippen LogP contribution in [0.3, 0.4) is 0 Å². The maximum absolute atomic E-state index is 13.0. The molecule has 1 saturated heterocycles. The first-order valence-corrected chi connectivity index (χ1v) is 7.19. The van der Waals surface area contributed by atoms with E-state index in [4.69, 9.17) is 9.47 Å². The van der Waals surface area contributed by atoms with Crippen LogP contribution in [0.2, 0.25) is 0 Å². The summed E-state index contributed by atoms with van der Waals surface area (Å²) in [7, 11) is 0. The minimum atomic E-state index is -0.707. The summed E-state index contributed by atoms with van der Waals surface area (Å²) in [6.45, 7) is 17.7. The molecule has 0 N–H and O–H groups in total. The van der Waals surface area contributed by atoms with E-state index in [0.29, 0.717) is 19.0 Å². The molecule has 1 heterocycles. The van der Waals surface area contributed by atoms with Crippen molar-refractivity contribution >= 4 is 5.78 Å². The number of hydrogen-bond donors (Lipinski definition) is 0. The fourth-order valence-electron chi connectivity index (χ4n) is 4.09. The first kappa shape index (κ1) is 15.0. The van der Waals surface area contributed by atoms with Crippen molar-refractivity contribution < 1.29 is 14.3 Å². The normalized spacial score (nSPS) is 33.6. The lowest BCUT2D eigenvalue weighted by Crippen LogP contribution is -2.74. The van der Waals surface area contributed by atoms with Gasteiger partial charge in [0.2, 0.25) is 0 Å². The van der Waals surface area contributed by atoms with Gasteiger partial charge in [-0.15, -0.1) is 0 Å². The van der Waals surface area contributed by atoms with Crippen LogP contribution in [0.5, 0.6) is 0 Å². The maximum Gasteiger partial charge on any atom is 0.180 e. The van der Waals surface area contributed by atoms with Crippen molar-refractivity contribution in [1.82, 2.24) is 0 Å². The third-order valence-corrected chi connectivity index (χ3v) is 6.60. The first-order valence-electron chi connectivity index (χ1n) is 7.19. The fraction of sp³-hybridized carbons (Fsp3) is 0.938. The van der Waals surface area contributed by atoms with Crippen LogP contribution in [-0.4, -0.2) is 24.8 Å². The molecule has 0 radical (unpaired) electrons. The predicted octanol–water partition coefficient (Wildman–Crippen LogP) is 3.42. The lowest BCUT2D eigenvalue weighted by molar-refractivity contribution is -0.344. The van der Waals surface area contributed by atoms with Crippen molar-refractivity contribution in [2.75, 3.05) is 13.2 Å². The van der Waals surface area contributed by atoms with Crippen LogP contribution >= 0.6 is 0 Å². The van der Waals surface area contributed by atoms with E-state index < -0.39 is 16.6 Å². The van der Waals surface area contributed by atoms with Crippen LogP contribution in [0.1, 0.15) is 55.4 Å². The average molecular weight is 268 g/mol. The van der Waals surface area contributed by atoms with Crippen molar-refractivity contribution in [2.24, 2.45) is 21.7 Å². The zero-order chi connectivity index (χ0) is 14.9. The number of carbonyl (C=O) groups is 1. The number of carbonyl (C=O) groups excluding carboxylic acids is 1. The molecule has 1 saturated carbocycles. The highest BCUT2D eigenvalue weighted by Gasteiger charge is 2.75. The molecule has 2 rings (SSSR count). The summed E-state index contributed by atoms with van der Waals surface area (Å²) in [5, 5.41) is 0. The summed E-state index contributed by atoms with van der Waals surface area (Å²) < 4.78 is 12.3. The second-order valence-corrected chi connectivity index (χ2v) is 8.14. The molecule has 1 aliphatic heterocycles. The Morgan fingerprint density at radius 3 is 1.37 bits per heavy atom. The summed E-state index contributed by atoms with van der Waals surface area (Å²) in [6.07, 6.45) is 0. The lowest BCUT2D eigenvalue weighted by Gasteiger charge is -2.66. The summed E-state index contributed by atoms with van der Waals surface area (Å²) in [5.41, 5.74) is -1.74. The Balaban J connectivity index is 2.74. The molecule has 0 atom stereocenters. The summed E-state index contributed by atoms with van der Waals surface area (Å²) in [5.74, 6) is -0.416. The minimum absolute atomic E-state index is 0.291. The Labute approximate surface area is 117 Å². The molecule has 19 heavy (non-hydrogen) atoms. The molecular weight excluding hydrogens is 240 g/mol. The third kappa shape index (κ3) is 1.33. The molecule has 3 nitrogen and oxygen atoms in total. The summed E-state index contributed by atoms with van der Waals surface area (Å²) in [4.78, 5) is 13.0. The SMILES string of the molecule is CC1(C)C(=O)C(C)(C)C(C)(C)C2(OCCO2)C1(C)C. The van der Waals surface area contributed by atoms with Gasteiger partial charge in [-0.05, 0) is 0 Å². The predicted molar refractivity (Wildman–Crippen MR) is 74.8 cm³/mol. The van der Waals surface area contributed by atoms with Crippen molar-refractivity contribution in [3.05, 3.63) is 0 Å². The van der Waals surface area contributed by atoms with Crippen LogP contribution in [0, 0.1) is 21.7 Å². The molecule has 0 bridgehead atoms. The molecule has 3 heteroatoms. The quantitative estimate of drug-likeness (QED) is 0.675. The second-order valence-electron chi connectivity index (χ2n) is 8.14. The third-order valence-electron chi connectivity index (χ3n) is 6.60. The van der Waals surface area contributed by atoms with E-state index in [1.165, 1.54) is 0 Å². The fourth-order valence-corrected chi connectivity index (χ4v) is 4.09. The highest BCUT2D eigenvalue weighted by atomic mass is 16.7. The Bertz CT molecular complexity index is 378. The molecule has 0 aromatic heterocycles. The highest BCUT2D eigenvalue weighted by Crippen LogP contribution is 2.68. The molecule has 2 fully saturated rings. The molecule has 0 aromatic rings. The molecule has 0 aromatic carbocycles. The molecule has 1 spiro atoms. The first-order chi connectivity index (χ1) is 8.36. The molecular formula is C16H28O3. The molecule has 1 aliphatic carbocycles. The van der Waals surface area contributed by atoms with Crippen LogP contribution in [0.15, 0.2) is 0 Å². The maximum atomic E-state index is 13.0. The van der Waals surface area contributed by atoms with Crippen LogP contribution < -0.4 is 0 Å². The van der Waals surface area contributed by atoms with E-state index in [-0.39, 0.29) is 10.8 Å². The van der Waals surface area contributed by atoms with Gasteiger partial charge in [0.05, 0.1) is 13.2 Å². The van der Waals surface area contributed by atoms with Crippen LogP contribution in [0.25, 0.3) is 0 Å². The zero-order valence-corrected chi connectivity index (χ0v) is 13.6. The summed E-state index contributed by atoms with van der Waals surface area (Å²) in [6, 6.07) is 0. The van der Waals surface area contributed by atoms with E-state index in [9.17, 15) is 4.79 Å². The standard InChI is InChI=1S/C16H28O3/c1-12(2)11(17)13(3,4)15(7,8)16(14(12,5)6)18-9-10-19-16/h9-10H2,1-8H3. The zero-order valence-electron chi connectivity index (χ0n) is 13.6. The van der Waals surface area contributed by atoms with Gasteiger partial charge < -0.3 is 9.47 Å². The van der Waals surface area contributed by atoms with Crippen molar-refractivity contribution in [1.29, 1.82) is 0 Å². The molecule has 0 unspecified atom stereocenters. The number of Topliss-reactive ketones (excluding diaryl/α,β-unsaturated/α-hetero) is 1. The molecule has 0 amide bonds. The monoisotopic (exact) mass is 268 g/mol. The van der Waals surface area contributed by atoms with E-state index in [2.05, 4.69) is 27.7 Å². The van der Waals surface area contributed by atoms with Gasteiger partial charge in [0, 0.05) is 21.7 Å². The van der Waals surface area contributed by atoms with E-state index >= 15 is 0 Å². The average Bonchev–Trinajstić information content (AvgIpc) is 2.76. The van der Waals surface area contributed by atoms with Gasteiger partial charge in [-0.25, -0.2) is 0 Å². The minimum Gasteiger partial charge on any atom is -0.346 e. The van der Waals surface area contributed by atoms with E-state index in [1.54, 1.807) is 0 Å². The van der Waals surface area contributed by atoms with Gasteiger partial charge in [-0.3, -0.25) is 4.79 Å². The second kappa shape index (κ2) is 3.62. The van der Waals surface area contributed by atoms with Gasteiger partial charge >= 0.3 is 0 Å². The van der Waals surface area contributed by atoms with Crippen molar-refractivity contribution in [3.63, 3.8) is 0 Å². The number of ketones is 1. The number of ether oxygens (including phenoxy) is 2. The van der Waals surface area contributed by atoms with Gasteiger partial charge in [0.1, 0.15) is 5.78 Å². The largest absolute Gasteiger partial charge is 0.346 e. The van der Waals surface area contributed by atoms with Gasteiger partial charge in [-0.1, -0.05) is 55.4 Å². The Hall–Kier alpha value is -0.410. The van der Waals surface area contributed by atoms with E-state index in [0.717, 1.165) is 0 Å². The Kier molecular flexibility index (Phi) is 2.85. The van der Waals surface area contributed by atoms with Gasteiger partial charge in [0.15, 0.2) is 5.79 Å².